The zero-order valence-electron chi connectivity index (χ0n) is 37.3. The van der Waals surface area contributed by atoms with Gasteiger partial charge in [-0.1, -0.05) is 44.6 Å². The normalized spacial score (nSPS) is 39.4. The van der Waals surface area contributed by atoms with Crippen LogP contribution in [0.5, 0.6) is 0 Å². The number of amides is 1. The summed E-state index contributed by atoms with van der Waals surface area (Å²) < 4.78 is 35.5. The monoisotopic (exact) mass is 845 g/mol. The van der Waals surface area contributed by atoms with Crippen LogP contribution in [0.15, 0.2) is 36.0 Å². The van der Waals surface area contributed by atoms with E-state index >= 15 is 0 Å². The van der Waals surface area contributed by atoms with Crippen LogP contribution in [-0.2, 0) is 52.4 Å². The summed E-state index contributed by atoms with van der Waals surface area (Å²) in [5, 5.41) is 23.8. The Kier molecular flexibility index (Phi) is 18.3. The third kappa shape index (κ3) is 12.0. The number of methoxy groups -OCH3 is 3. The number of piperidine rings is 1. The van der Waals surface area contributed by atoms with Crippen LogP contribution >= 0.6 is 0 Å². The van der Waals surface area contributed by atoms with Gasteiger partial charge < -0.3 is 43.5 Å². The highest BCUT2D eigenvalue weighted by atomic mass is 16.7. The highest BCUT2D eigenvalue weighted by molar-refractivity contribution is 6.39. The van der Waals surface area contributed by atoms with Crippen LogP contribution in [0.2, 0.25) is 0 Å². The van der Waals surface area contributed by atoms with Crippen molar-refractivity contribution in [3.63, 3.8) is 0 Å². The van der Waals surface area contributed by atoms with E-state index in [9.17, 15) is 34.2 Å². The van der Waals surface area contributed by atoms with Crippen molar-refractivity contribution >= 4 is 29.4 Å². The third-order valence-corrected chi connectivity index (χ3v) is 13.2. The number of allylic oxidation sites excluding steroid dienone is 4. The Hall–Kier alpha value is -3.27. The van der Waals surface area contributed by atoms with Crippen molar-refractivity contribution in [1.82, 2.24) is 4.90 Å². The van der Waals surface area contributed by atoms with Crippen molar-refractivity contribution in [2.24, 2.45) is 29.6 Å². The van der Waals surface area contributed by atoms with Gasteiger partial charge in [-0.05, 0) is 95.5 Å². The van der Waals surface area contributed by atoms with E-state index in [4.69, 9.17) is 28.4 Å². The highest BCUT2D eigenvalue weighted by Crippen LogP contribution is 2.39. The van der Waals surface area contributed by atoms with Gasteiger partial charge in [-0.3, -0.25) is 19.2 Å². The molecule has 4 aliphatic rings. The summed E-state index contributed by atoms with van der Waals surface area (Å²) in [4.78, 5) is 69.8. The smallest absolute Gasteiger partial charge is 0.329 e. The number of ether oxygens (including phenoxy) is 6. The maximum atomic E-state index is 14.4. The predicted molar refractivity (Wildman–Crippen MR) is 222 cm³/mol. The number of cyclic esters (lactones) is 1. The molecule has 1 aliphatic carbocycles. The summed E-state index contributed by atoms with van der Waals surface area (Å²) in [6, 6.07) is -1.16. The number of hydrogen-bond donors (Lipinski definition) is 2. The predicted octanol–water partition coefficient (Wildman–Crippen LogP) is 5.21. The first-order valence-electron chi connectivity index (χ1n) is 21.8. The van der Waals surface area contributed by atoms with Crippen molar-refractivity contribution in [3.05, 3.63) is 36.0 Å². The Bertz CT molecular complexity index is 1590. The number of ketones is 2. The van der Waals surface area contributed by atoms with Gasteiger partial charge >= 0.3 is 11.9 Å². The van der Waals surface area contributed by atoms with E-state index < -0.39 is 83.9 Å². The average Bonchev–Trinajstić information content (AvgIpc) is 3.21. The number of hydrogen-bond acceptors (Lipinski definition) is 13. The molecule has 60 heavy (non-hydrogen) atoms. The van der Waals surface area contributed by atoms with Gasteiger partial charge in [-0.25, -0.2) is 4.79 Å². The number of fused-ring (bicyclic) bond motifs is 3. The topological polar surface area (TPSA) is 184 Å². The van der Waals surface area contributed by atoms with Gasteiger partial charge in [0.2, 0.25) is 5.79 Å². The number of aliphatic hydroxyl groups is 2. The molecule has 7 unspecified atom stereocenters. The first-order valence-corrected chi connectivity index (χ1v) is 21.8. The van der Waals surface area contributed by atoms with E-state index in [0.29, 0.717) is 56.9 Å². The lowest BCUT2D eigenvalue weighted by Gasteiger charge is -2.47. The lowest BCUT2D eigenvalue weighted by atomic mass is 9.81. The molecule has 2 saturated heterocycles. The number of carbonyl (C=O) groups excluding carboxylic acids is 5. The van der Waals surface area contributed by atoms with Crippen molar-refractivity contribution < 1.29 is 62.6 Å². The number of carbonyl (C=O) groups is 5. The van der Waals surface area contributed by atoms with Crippen molar-refractivity contribution in [2.45, 2.75) is 167 Å². The molecular weight excluding hydrogens is 774 g/mol. The van der Waals surface area contributed by atoms with Crippen molar-refractivity contribution in [1.29, 1.82) is 0 Å². The second-order valence-electron chi connectivity index (χ2n) is 17.9. The van der Waals surface area contributed by atoms with Gasteiger partial charge in [0.05, 0.1) is 24.4 Å². The molecule has 1 amide bonds. The molecule has 2 bridgehead atoms. The van der Waals surface area contributed by atoms with Gasteiger partial charge in [-0.15, -0.1) is 6.58 Å². The van der Waals surface area contributed by atoms with Crippen molar-refractivity contribution in [3.8, 4) is 0 Å². The van der Waals surface area contributed by atoms with E-state index in [-0.39, 0.29) is 55.5 Å². The van der Waals surface area contributed by atoms with Gasteiger partial charge in [0.25, 0.3) is 11.7 Å². The van der Waals surface area contributed by atoms with Crippen LogP contribution in [0.4, 0.5) is 0 Å². The summed E-state index contributed by atoms with van der Waals surface area (Å²) in [6.45, 7) is 14.5. The fourth-order valence-electron chi connectivity index (χ4n) is 9.76. The molecule has 0 aromatic heterocycles. The van der Waals surface area contributed by atoms with E-state index in [1.165, 1.54) is 26.0 Å². The summed E-state index contributed by atoms with van der Waals surface area (Å²) in [5.74, 6) is -8.31. The Labute approximate surface area is 356 Å². The molecule has 14 heteroatoms. The Balaban J connectivity index is 1.77. The largest absolute Gasteiger partial charge is 0.460 e. The molecule has 0 radical (unpaired) electrons. The summed E-state index contributed by atoms with van der Waals surface area (Å²) in [6.07, 6.45) is 4.94. The molecule has 338 valence electrons. The van der Waals surface area contributed by atoms with Crippen LogP contribution in [0.25, 0.3) is 0 Å². The molecule has 2 N–H and O–H groups in total. The van der Waals surface area contributed by atoms with Crippen LogP contribution < -0.4 is 0 Å². The molecule has 0 spiro atoms. The van der Waals surface area contributed by atoms with Gasteiger partial charge in [-0.2, -0.15) is 0 Å². The van der Waals surface area contributed by atoms with Crippen molar-refractivity contribution in [2.75, 3.05) is 27.9 Å². The molecule has 3 aliphatic heterocycles. The van der Waals surface area contributed by atoms with E-state index in [2.05, 4.69) is 6.58 Å². The first kappa shape index (κ1) is 49.4. The number of esters is 2. The lowest BCUT2D eigenvalue weighted by Crippen LogP contribution is -2.64. The number of aliphatic hydroxyl groups excluding tert-OH is 1. The zero-order chi connectivity index (χ0) is 44.5. The van der Waals surface area contributed by atoms with Crippen LogP contribution in [0, 0.1) is 29.6 Å². The fraction of sp³-hybridized carbons (Fsp3) is 0.761. The fourth-order valence-corrected chi connectivity index (χ4v) is 9.76. The lowest BCUT2D eigenvalue weighted by molar-refractivity contribution is -0.302. The molecule has 3 fully saturated rings. The van der Waals surface area contributed by atoms with Crippen LogP contribution in [0.1, 0.15) is 112 Å². The van der Waals surface area contributed by atoms with E-state index in [0.717, 1.165) is 5.57 Å². The molecule has 0 aromatic carbocycles. The average molecular weight is 846 g/mol. The first-order chi connectivity index (χ1) is 28.4. The summed E-state index contributed by atoms with van der Waals surface area (Å²) >= 11 is 0. The van der Waals surface area contributed by atoms with Crippen LogP contribution in [0.3, 0.4) is 0 Å². The minimum absolute atomic E-state index is 0.0000402. The zero-order valence-corrected chi connectivity index (χ0v) is 37.3. The maximum absolute atomic E-state index is 14.4. The second kappa shape index (κ2) is 22.2. The minimum Gasteiger partial charge on any atom is -0.460 e. The Morgan fingerprint density at radius 3 is 2.23 bits per heavy atom. The standard InChI is InChI=1S/C46H71NO13/c1-11-14-33-20-26(2)19-27(3)21-39(56-9)42-40(57-10)23-29(5)46(54,60-42)43(51)44(52)47-18-13-12-15-34(47)45(53)59-41(30(6)35(49)25-36(33)50)28(4)22-32-16-17-37(58-31(7)48)38(24-32)55-8/h11,20,22,27,29-30,32-35,37-42,49,54H,1,12-19,21,23-25H2,2-10H3/b26-20+,28-22+/t27?,29-,30?,32+,33-,34+,35?,37?,38-,39?,40+,41?,42?,46-/m1/s1. The maximum Gasteiger partial charge on any atom is 0.329 e. The molecule has 14 nitrogen and oxygen atoms in total. The number of nitrogens with zero attached hydrogens (tertiary/aromatic N) is 1. The van der Waals surface area contributed by atoms with Crippen LogP contribution in [-0.4, -0.2) is 127 Å². The minimum atomic E-state index is -2.52. The third-order valence-electron chi connectivity index (χ3n) is 13.2. The molecule has 1 saturated carbocycles. The summed E-state index contributed by atoms with van der Waals surface area (Å²) in [7, 11) is 4.61. The van der Waals surface area contributed by atoms with Gasteiger partial charge in [0, 0.05) is 59.0 Å². The molecular formula is C46H71NO13. The SMILES string of the molecule is C=CC[C@@H]1/C=C(\C)CC(C)CC(OC)C2O[C@@](O)(C(=O)C(=O)N3CCCC[C@H]3C(=O)OC(/C(C)=C/[C@@H]3CCC(OC(C)=O)[C@H](OC)C3)C(C)C(O)CC1=O)[C@H](C)C[C@@H]2OC. The summed E-state index contributed by atoms with van der Waals surface area (Å²) in [5.41, 5.74) is 1.58. The van der Waals surface area contributed by atoms with E-state index in [1.807, 2.05) is 26.0 Å². The number of rotatable bonds is 8. The molecule has 4 rings (SSSR count). The van der Waals surface area contributed by atoms with Gasteiger partial charge in [0.15, 0.2) is 0 Å². The molecule has 0 aromatic rings. The quantitative estimate of drug-likeness (QED) is 0.185. The van der Waals surface area contributed by atoms with Gasteiger partial charge in [0.1, 0.15) is 30.1 Å². The Morgan fingerprint density at radius 1 is 0.933 bits per heavy atom. The molecule has 3 heterocycles. The number of Topliss-reactive ketones (excluding diaryl/α,β-unsaturated/α-hetero) is 2. The Morgan fingerprint density at radius 2 is 1.60 bits per heavy atom. The highest BCUT2D eigenvalue weighted by Gasteiger charge is 2.56. The van der Waals surface area contributed by atoms with E-state index in [1.54, 1.807) is 34.0 Å². The molecule has 14 atom stereocenters. The second-order valence-corrected chi connectivity index (χ2v) is 17.9.